The van der Waals surface area contributed by atoms with E-state index in [0.717, 1.165) is 6.42 Å². The molecule has 3 rings (SSSR count). The Hall–Kier alpha value is -2.76. The van der Waals surface area contributed by atoms with Crippen LogP contribution in [-0.4, -0.2) is 23.7 Å². The first kappa shape index (κ1) is 17.1. The fourth-order valence-corrected chi connectivity index (χ4v) is 2.55. The molecule has 0 aliphatic carbocycles. The van der Waals surface area contributed by atoms with E-state index >= 15 is 0 Å². The number of hydrogen-bond acceptors (Lipinski definition) is 4. The Morgan fingerprint density at radius 1 is 1.08 bits per heavy atom. The first-order chi connectivity index (χ1) is 12.0. The van der Waals surface area contributed by atoms with Crippen molar-refractivity contribution in [2.75, 3.05) is 18.5 Å². The normalized spacial score (nSPS) is 10.9. The largest absolute Gasteiger partial charge is 0.372 e. The van der Waals surface area contributed by atoms with Gasteiger partial charge < -0.3 is 9.42 Å². The lowest BCUT2D eigenvalue weighted by atomic mass is 10.1. The van der Waals surface area contributed by atoms with Crippen LogP contribution in [0.5, 0.6) is 0 Å². The second-order valence-corrected chi connectivity index (χ2v) is 5.95. The average Bonchev–Trinajstić information content (AvgIpc) is 3.06. The summed E-state index contributed by atoms with van der Waals surface area (Å²) >= 11 is 0. The number of hydrogen-bond donors (Lipinski definition) is 0. The predicted octanol–water partition coefficient (Wildman–Crippen LogP) is 4.39. The van der Waals surface area contributed by atoms with E-state index in [4.69, 9.17) is 4.52 Å². The Bertz CT molecular complexity index is 863. The van der Waals surface area contributed by atoms with Gasteiger partial charge in [-0.3, -0.25) is 0 Å². The van der Waals surface area contributed by atoms with Crippen molar-refractivity contribution in [1.29, 1.82) is 0 Å². The predicted molar refractivity (Wildman–Crippen MR) is 92.4 cm³/mol. The van der Waals surface area contributed by atoms with E-state index in [1.807, 2.05) is 11.9 Å². The molecule has 0 aliphatic heterocycles. The van der Waals surface area contributed by atoms with Crippen LogP contribution in [0.15, 0.2) is 47.0 Å². The van der Waals surface area contributed by atoms with Gasteiger partial charge in [0, 0.05) is 25.6 Å². The molecule has 0 atom stereocenters. The third-order valence-corrected chi connectivity index (χ3v) is 4.05. The summed E-state index contributed by atoms with van der Waals surface area (Å²) in [7, 11) is 1.84. The number of rotatable bonds is 6. The molecule has 1 aromatic heterocycles. The zero-order valence-electron chi connectivity index (χ0n) is 14.2. The van der Waals surface area contributed by atoms with Gasteiger partial charge in [-0.1, -0.05) is 29.4 Å². The highest BCUT2D eigenvalue weighted by atomic mass is 19.1. The van der Waals surface area contributed by atoms with Gasteiger partial charge in [0.2, 0.25) is 11.7 Å². The fourth-order valence-electron chi connectivity index (χ4n) is 2.55. The molecule has 0 bridgehead atoms. The fraction of sp³-hybridized carbons (Fsp3) is 0.263. The second-order valence-electron chi connectivity index (χ2n) is 5.95. The maximum Gasteiger partial charge on any atom is 0.227 e. The Kier molecular flexibility index (Phi) is 5.07. The van der Waals surface area contributed by atoms with Crippen LogP contribution in [0.1, 0.15) is 17.9 Å². The monoisotopic (exact) mass is 343 g/mol. The maximum atomic E-state index is 13.7. The van der Waals surface area contributed by atoms with Gasteiger partial charge in [-0.2, -0.15) is 4.98 Å². The van der Waals surface area contributed by atoms with Crippen LogP contribution in [0, 0.1) is 18.6 Å². The van der Waals surface area contributed by atoms with Crippen molar-refractivity contribution in [1.82, 2.24) is 10.1 Å². The van der Waals surface area contributed by atoms with Crippen LogP contribution in [0.3, 0.4) is 0 Å². The van der Waals surface area contributed by atoms with E-state index in [-0.39, 0.29) is 11.6 Å². The molecule has 3 aromatic rings. The molecule has 0 fully saturated rings. The topological polar surface area (TPSA) is 42.2 Å². The first-order valence-corrected chi connectivity index (χ1v) is 8.09. The summed E-state index contributed by atoms with van der Waals surface area (Å²) in [6, 6.07) is 11.5. The highest BCUT2D eigenvalue weighted by Crippen LogP contribution is 2.20. The standard InChI is InChI=1S/C19H19F2N3O/c1-13-9-10-14(12-16(13)21)19-22-18(25-23-19)8-5-11-24(2)17-7-4-3-6-15(17)20/h3-4,6-7,9-10,12H,5,8,11H2,1-2H3. The van der Waals surface area contributed by atoms with E-state index in [2.05, 4.69) is 10.1 Å². The van der Waals surface area contributed by atoms with Crippen molar-refractivity contribution in [2.24, 2.45) is 0 Å². The minimum absolute atomic E-state index is 0.244. The van der Waals surface area contributed by atoms with Crippen molar-refractivity contribution in [2.45, 2.75) is 19.8 Å². The lowest BCUT2D eigenvalue weighted by Crippen LogP contribution is -2.20. The molecule has 0 saturated heterocycles. The molecule has 2 aromatic carbocycles. The maximum absolute atomic E-state index is 13.7. The number of para-hydroxylation sites is 1. The van der Waals surface area contributed by atoms with E-state index < -0.39 is 0 Å². The van der Waals surface area contributed by atoms with Crippen LogP contribution in [0.25, 0.3) is 11.4 Å². The molecule has 0 aliphatic rings. The Morgan fingerprint density at radius 3 is 2.64 bits per heavy atom. The molecule has 25 heavy (non-hydrogen) atoms. The number of anilines is 1. The SMILES string of the molecule is Cc1ccc(-c2noc(CCCN(C)c3ccccc3F)n2)cc1F. The van der Waals surface area contributed by atoms with Gasteiger partial charge in [0.05, 0.1) is 5.69 Å². The number of aromatic nitrogens is 2. The highest BCUT2D eigenvalue weighted by Gasteiger charge is 2.11. The van der Waals surface area contributed by atoms with Crippen LogP contribution >= 0.6 is 0 Å². The van der Waals surface area contributed by atoms with E-state index in [1.165, 1.54) is 12.1 Å². The quantitative estimate of drug-likeness (QED) is 0.666. The molecule has 0 saturated carbocycles. The van der Waals surface area contributed by atoms with Gasteiger partial charge in [-0.05, 0) is 37.1 Å². The van der Waals surface area contributed by atoms with Crippen LogP contribution < -0.4 is 4.90 Å². The zero-order valence-corrected chi connectivity index (χ0v) is 14.2. The number of nitrogens with zero attached hydrogens (tertiary/aromatic N) is 3. The first-order valence-electron chi connectivity index (χ1n) is 8.09. The molecular weight excluding hydrogens is 324 g/mol. The van der Waals surface area contributed by atoms with Gasteiger partial charge in [0.15, 0.2) is 0 Å². The van der Waals surface area contributed by atoms with Crippen molar-refractivity contribution in [3.05, 3.63) is 65.6 Å². The minimum Gasteiger partial charge on any atom is -0.372 e. The molecule has 4 nitrogen and oxygen atoms in total. The summed E-state index contributed by atoms with van der Waals surface area (Å²) in [6.07, 6.45) is 1.30. The summed E-state index contributed by atoms with van der Waals surface area (Å²) in [6.45, 7) is 2.35. The van der Waals surface area contributed by atoms with Crippen molar-refractivity contribution >= 4 is 5.69 Å². The smallest absolute Gasteiger partial charge is 0.227 e. The Balaban J connectivity index is 1.59. The van der Waals surface area contributed by atoms with Crippen LogP contribution in [-0.2, 0) is 6.42 Å². The van der Waals surface area contributed by atoms with E-state index in [9.17, 15) is 8.78 Å². The van der Waals surface area contributed by atoms with Gasteiger partial charge >= 0.3 is 0 Å². The summed E-state index contributed by atoms with van der Waals surface area (Å²) in [5, 5.41) is 3.90. The minimum atomic E-state index is -0.296. The highest BCUT2D eigenvalue weighted by molar-refractivity contribution is 5.55. The van der Waals surface area contributed by atoms with E-state index in [1.54, 1.807) is 37.3 Å². The molecule has 0 radical (unpaired) electrons. The van der Waals surface area contributed by atoms with Crippen LogP contribution in [0.2, 0.25) is 0 Å². The molecule has 0 N–H and O–H groups in total. The van der Waals surface area contributed by atoms with E-state index in [0.29, 0.717) is 41.5 Å². The molecule has 0 spiro atoms. The summed E-state index contributed by atoms with van der Waals surface area (Å²) in [5.74, 6) is 0.316. The molecular formula is C19H19F2N3O. The molecule has 1 heterocycles. The lowest BCUT2D eigenvalue weighted by molar-refractivity contribution is 0.376. The third-order valence-electron chi connectivity index (χ3n) is 4.05. The summed E-state index contributed by atoms with van der Waals surface area (Å²) in [4.78, 5) is 6.15. The summed E-state index contributed by atoms with van der Waals surface area (Å²) < 4.78 is 32.6. The summed E-state index contributed by atoms with van der Waals surface area (Å²) in [5.41, 5.74) is 1.72. The van der Waals surface area contributed by atoms with Crippen molar-refractivity contribution < 1.29 is 13.3 Å². The van der Waals surface area contributed by atoms with Gasteiger partial charge in [0.1, 0.15) is 11.6 Å². The Labute approximate surface area is 145 Å². The van der Waals surface area contributed by atoms with Gasteiger partial charge in [-0.15, -0.1) is 0 Å². The number of halogens is 2. The molecule has 0 amide bonds. The number of benzene rings is 2. The van der Waals surface area contributed by atoms with Crippen LogP contribution in [0.4, 0.5) is 14.5 Å². The van der Waals surface area contributed by atoms with Gasteiger partial charge in [0.25, 0.3) is 0 Å². The molecule has 6 heteroatoms. The zero-order chi connectivity index (χ0) is 17.8. The molecule has 0 unspecified atom stereocenters. The van der Waals surface area contributed by atoms with Gasteiger partial charge in [-0.25, -0.2) is 8.78 Å². The van der Waals surface area contributed by atoms with Crippen molar-refractivity contribution in [3.63, 3.8) is 0 Å². The molecule has 130 valence electrons. The van der Waals surface area contributed by atoms with Crippen molar-refractivity contribution in [3.8, 4) is 11.4 Å². The average molecular weight is 343 g/mol. The second kappa shape index (κ2) is 7.42. The lowest BCUT2D eigenvalue weighted by Gasteiger charge is -2.19. The third kappa shape index (κ3) is 4.02. The Morgan fingerprint density at radius 2 is 1.88 bits per heavy atom. The number of aryl methyl sites for hydroxylation is 2.